The van der Waals surface area contributed by atoms with E-state index in [1.807, 2.05) is 6.92 Å². The van der Waals surface area contributed by atoms with Gasteiger partial charge in [-0.25, -0.2) is 13.4 Å². The molecular formula is C14H22N2O3S. The highest BCUT2D eigenvalue weighted by Gasteiger charge is 2.24. The quantitative estimate of drug-likeness (QED) is 0.828. The average molecular weight is 298 g/mol. The van der Waals surface area contributed by atoms with Gasteiger partial charge in [-0.15, -0.1) is 0 Å². The standard InChI is InChI=1S/C14H22N2O3S/c1-3-19-11-12-6-9-16(10-7-12)14-13(20(2,17)18)5-4-8-15-14/h4-5,8,12H,3,6-7,9-11H2,1-2H3. The second-order valence-corrected chi connectivity index (χ2v) is 7.17. The lowest BCUT2D eigenvalue weighted by molar-refractivity contribution is 0.100. The highest BCUT2D eigenvalue weighted by atomic mass is 32.2. The zero-order valence-corrected chi connectivity index (χ0v) is 12.9. The Morgan fingerprint density at radius 3 is 2.70 bits per heavy atom. The first kappa shape index (κ1) is 15.3. The Kier molecular flexibility index (Phi) is 4.99. The van der Waals surface area contributed by atoms with Gasteiger partial charge in [0.1, 0.15) is 10.7 Å². The molecule has 0 unspecified atom stereocenters. The highest BCUT2D eigenvalue weighted by molar-refractivity contribution is 7.90. The molecule has 0 aromatic carbocycles. The van der Waals surface area contributed by atoms with Gasteiger partial charge in [0.2, 0.25) is 0 Å². The molecule has 0 radical (unpaired) electrons. The summed E-state index contributed by atoms with van der Waals surface area (Å²) in [6.45, 7) is 5.21. The third-order valence-corrected chi connectivity index (χ3v) is 4.74. The Labute approximate surface area is 120 Å². The number of pyridine rings is 1. The predicted molar refractivity (Wildman–Crippen MR) is 78.8 cm³/mol. The second-order valence-electron chi connectivity index (χ2n) is 5.19. The topological polar surface area (TPSA) is 59.5 Å². The summed E-state index contributed by atoms with van der Waals surface area (Å²) >= 11 is 0. The van der Waals surface area contributed by atoms with Crippen LogP contribution >= 0.6 is 0 Å². The van der Waals surface area contributed by atoms with Gasteiger partial charge in [0.15, 0.2) is 9.84 Å². The van der Waals surface area contributed by atoms with E-state index < -0.39 is 9.84 Å². The van der Waals surface area contributed by atoms with Crippen molar-refractivity contribution in [1.82, 2.24) is 4.98 Å². The molecule has 0 amide bonds. The van der Waals surface area contributed by atoms with Gasteiger partial charge >= 0.3 is 0 Å². The summed E-state index contributed by atoms with van der Waals surface area (Å²) in [7, 11) is -3.24. The van der Waals surface area contributed by atoms with Crippen molar-refractivity contribution >= 4 is 15.7 Å². The first-order valence-corrected chi connectivity index (χ1v) is 8.89. The minimum Gasteiger partial charge on any atom is -0.381 e. The maximum absolute atomic E-state index is 11.8. The molecule has 6 heteroatoms. The fourth-order valence-corrected chi connectivity index (χ4v) is 3.34. The van der Waals surface area contributed by atoms with Crippen LogP contribution in [0.15, 0.2) is 23.2 Å². The minimum absolute atomic E-state index is 0.322. The van der Waals surface area contributed by atoms with Crippen molar-refractivity contribution in [3.8, 4) is 0 Å². The number of ether oxygens (including phenoxy) is 1. The number of nitrogens with zero attached hydrogens (tertiary/aromatic N) is 2. The van der Waals surface area contributed by atoms with Crippen LogP contribution in [0.3, 0.4) is 0 Å². The van der Waals surface area contributed by atoms with Crippen LogP contribution in [0, 0.1) is 5.92 Å². The molecule has 0 N–H and O–H groups in total. The van der Waals surface area contributed by atoms with Gasteiger partial charge in [-0.1, -0.05) is 0 Å². The van der Waals surface area contributed by atoms with Crippen LogP contribution in [0.4, 0.5) is 5.82 Å². The van der Waals surface area contributed by atoms with Crippen LogP contribution in [-0.2, 0) is 14.6 Å². The number of piperidine rings is 1. The van der Waals surface area contributed by atoms with E-state index in [2.05, 4.69) is 9.88 Å². The summed E-state index contributed by atoms with van der Waals surface area (Å²) in [4.78, 5) is 6.66. The molecule has 1 aliphatic rings. The number of rotatable bonds is 5. The van der Waals surface area contributed by atoms with E-state index in [1.165, 1.54) is 6.26 Å². The first-order valence-electron chi connectivity index (χ1n) is 7.00. The van der Waals surface area contributed by atoms with Gasteiger partial charge in [-0.3, -0.25) is 0 Å². The Morgan fingerprint density at radius 1 is 1.40 bits per heavy atom. The van der Waals surface area contributed by atoms with E-state index in [0.29, 0.717) is 16.6 Å². The smallest absolute Gasteiger partial charge is 0.179 e. The molecule has 5 nitrogen and oxygen atoms in total. The number of anilines is 1. The summed E-state index contributed by atoms with van der Waals surface area (Å²) in [5.41, 5.74) is 0. The van der Waals surface area contributed by atoms with Gasteiger partial charge in [0, 0.05) is 38.8 Å². The van der Waals surface area contributed by atoms with Gasteiger partial charge in [0.25, 0.3) is 0 Å². The van der Waals surface area contributed by atoms with Crippen LogP contribution in [0.1, 0.15) is 19.8 Å². The van der Waals surface area contributed by atoms with Crippen LogP contribution in [0.5, 0.6) is 0 Å². The molecule has 1 fully saturated rings. The molecule has 112 valence electrons. The van der Waals surface area contributed by atoms with Gasteiger partial charge < -0.3 is 9.64 Å². The molecule has 2 heterocycles. The van der Waals surface area contributed by atoms with Crippen LogP contribution < -0.4 is 4.90 Å². The van der Waals surface area contributed by atoms with E-state index in [4.69, 9.17) is 4.74 Å². The SMILES string of the molecule is CCOCC1CCN(c2ncccc2S(C)(=O)=O)CC1. The molecule has 1 aromatic heterocycles. The molecule has 0 aliphatic carbocycles. The third kappa shape index (κ3) is 3.70. The first-order chi connectivity index (χ1) is 9.52. The van der Waals surface area contributed by atoms with Crippen LogP contribution in [-0.4, -0.2) is 46.0 Å². The van der Waals surface area contributed by atoms with Crippen molar-refractivity contribution in [3.05, 3.63) is 18.3 Å². The number of sulfone groups is 1. The summed E-state index contributed by atoms with van der Waals surface area (Å²) < 4.78 is 29.1. The fraction of sp³-hybridized carbons (Fsp3) is 0.643. The van der Waals surface area contributed by atoms with Gasteiger partial charge in [-0.05, 0) is 37.8 Å². The third-order valence-electron chi connectivity index (χ3n) is 3.62. The van der Waals surface area contributed by atoms with Crippen LogP contribution in [0.25, 0.3) is 0 Å². The summed E-state index contributed by atoms with van der Waals surface area (Å²) in [6.07, 6.45) is 4.91. The lowest BCUT2D eigenvalue weighted by Gasteiger charge is -2.33. The molecule has 20 heavy (non-hydrogen) atoms. The van der Waals surface area contributed by atoms with Crippen molar-refractivity contribution in [2.24, 2.45) is 5.92 Å². The maximum Gasteiger partial charge on any atom is 0.179 e. The second kappa shape index (κ2) is 6.54. The van der Waals surface area contributed by atoms with E-state index in [9.17, 15) is 8.42 Å². The largest absolute Gasteiger partial charge is 0.381 e. The monoisotopic (exact) mass is 298 g/mol. The number of hydrogen-bond donors (Lipinski definition) is 0. The average Bonchev–Trinajstić information content (AvgIpc) is 2.45. The minimum atomic E-state index is -3.24. The lowest BCUT2D eigenvalue weighted by Crippen LogP contribution is -2.36. The van der Waals surface area contributed by atoms with Crippen LogP contribution in [0.2, 0.25) is 0 Å². The maximum atomic E-state index is 11.8. The predicted octanol–water partition coefficient (Wildman–Crippen LogP) is 1.74. The molecule has 1 saturated heterocycles. The Balaban J connectivity index is 2.08. The van der Waals surface area contributed by atoms with Gasteiger partial charge in [-0.2, -0.15) is 0 Å². The van der Waals surface area contributed by atoms with Crippen molar-refractivity contribution < 1.29 is 13.2 Å². The molecule has 0 saturated carbocycles. The molecule has 1 aliphatic heterocycles. The Morgan fingerprint density at radius 2 is 2.10 bits per heavy atom. The fourth-order valence-electron chi connectivity index (χ4n) is 2.51. The van der Waals surface area contributed by atoms with Crippen molar-refractivity contribution in [2.75, 3.05) is 37.5 Å². The normalized spacial score (nSPS) is 17.4. The zero-order valence-electron chi connectivity index (χ0n) is 12.1. The molecule has 2 rings (SSSR count). The van der Waals surface area contributed by atoms with Gasteiger partial charge in [0.05, 0.1) is 0 Å². The van der Waals surface area contributed by atoms with Crippen molar-refractivity contribution in [3.63, 3.8) is 0 Å². The van der Waals surface area contributed by atoms with E-state index in [0.717, 1.165) is 39.1 Å². The van der Waals surface area contributed by atoms with Crippen molar-refractivity contribution in [1.29, 1.82) is 0 Å². The van der Waals surface area contributed by atoms with Crippen molar-refractivity contribution in [2.45, 2.75) is 24.7 Å². The molecule has 1 aromatic rings. The zero-order chi connectivity index (χ0) is 14.6. The Bertz CT molecular complexity index is 537. The summed E-state index contributed by atoms with van der Waals surface area (Å²) in [6, 6.07) is 3.30. The van der Waals surface area contributed by atoms with E-state index in [-0.39, 0.29) is 0 Å². The van der Waals surface area contributed by atoms with E-state index in [1.54, 1.807) is 18.3 Å². The summed E-state index contributed by atoms with van der Waals surface area (Å²) in [5.74, 6) is 1.15. The molecular weight excluding hydrogens is 276 g/mol. The molecule has 0 atom stereocenters. The Hall–Kier alpha value is -1.14. The molecule has 0 spiro atoms. The lowest BCUT2D eigenvalue weighted by atomic mass is 9.98. The number of hydrogen-bond acceptors (Lipinski definition) is 5. The number of aromatic nitrogens is 1. The summed E-state index contributed by atoms with van der Waals surface area (Å²) in [5, 5.41) is 0. The van der Waals surface area contributed by atoms with E-state index >= 15 is 0 Å². The highest BCUT2D eigenvalue weighted by Crippen LogP contribution is 2.27. The molecule has 0 bridgehead atoms.